The third-order valence-electron chi connectivity index (χ3n) is 2.55. The van der Waals surface area contributed by atoms with Gasteiger partial charge in [-0.2, -0.15) is 0 Å². The van der Waals surface area contributed by atoms with Crippen LogP contribution < -0.4 is 4.72 Å². The Bertz CT molecular complexity index is 600. The van der Waals surface area contributed by atoms with Crippen molar-refractivity contribution in [1.29, 1.82) is 0 Å². The monoisotopic (exact) mass is 277 g/mol. The molecule has 1 N–H and O–H groups in total. The highest BCUT2D eigenvalue weighted by atomic mass is 32.2. The molecule has 0 aliphatic heterocycles. The zero-order chi connectivity index (χ0) is 13.6. The summed E-state index contributed by atoms with van der Waals surface area (Å²) in [5.74, 6) is -0.000863. The van der Waals surface area contributed by atoms with Crippen molar-refractivity contribution in [2.75, 3.05) is 6.54 Å². The van der Waals surface area contributed by atoms with Gasteiger partial charge in [0.1, 0.15) is 6.33 Å². The highest BCUT2D eigenvalue weighted by Crippen LogP contribution is 2.04. The first-order valence-corrected chi connectivity index (χ1v) is 7.56. The molecule has 100 valence electrons. The molecule has 5 nitrogen and oxygen atoms in total. The van der Waals surface area contributed by atoms with E-state index >= 15 is 0 Å². The summed E-state index contributed by atoms with van der Waals surface area (Å²) in [5.41, 5.74) is 1.68. The predicted octanol–water partition coefficient (Wildman–Crippen LogP) is 1.14. The summed E-state index contributed by atoms with van der Waals surface area (Å²) in [5, 5.41) is 0. The van der Waals surface area contributed by atoms with E-state index < -0.39 is 10.0 Å². The Morgan fingerprint density at radius 3 is 2.37 bits per heavy atom. The lowest BCUT2D eigenvalue weighted by atomic mass is 10.2. The maximum Gasteiger partial charge on any atom is 0.215 e. The zero-order valence-electron chi connectivity index (χ0n) is 10.4. The maximum absolute atomic E-state index is 11.8. The minimum absolute atomic E-state index is 0.000863. The summed E-state index contributed by atoms with van der Waals surface area (Å²) >= 11 is 0. The lowest BCUT2D eigenvalue weighted by Gasteiger charge is -2.06. The summed E-state index contributed by atoms with van der Waals surface area (Å²) in [7, 11) is -3.30. The van der Waals surface area contributed by atoms with Gasteiger partial charge in [0.05, 0.1) is 5.75 Å². The van der Waals surface area contributed by atoms with E-state index in [1.807, 2.05) is 18.2 Å². The number of rotatable bonds is 6. The molecule has 0 radical (unpaired) electrons. The third kappa shape index (κ3) is 4.76. The van der Waals surface area contributed by atoms with Crippen LogP contribution in [0.15, 0.2) is 49.1 Å². The fourth-order valence-corrected chi connectivity index (χ4v) is 2.80. The maximum atomic E-state index is 11.8. The number of nitrogens with zero attached hydrogens (tertiary/aromatic N) is 2. The standard InChI is InChI=1S/C13H15N3O2S/c17-19(18,10-12-4-2-1-3-5-12)16-7-6-13-8-14-11-15-9-13/h1-5,8-9,11,16H,6-7,10H2. The van der Waals surface area contributed by atoms with Crippen molar-refractivity contribution in [1.82, 2.24) is 14.7 Å². The van der Waals surface area contributed by atoms with E-state index in [9.17, 15) is 8.42 Å². The molecule has 0 aliphatic carbocycles. The van der Waals surface area contributed by atoms with Crippen molar-refractivity contribution in [3.8, 4) is 0 Å². The van der Waals surface area contributed by atoms with Crippen LogP contribution in [0, 0.1) is 0 Å². The summed E-state index contributed by atoms with van der Waals surface area (Å²) in [6, 6.07) is 9.10. The van der Waals surface area contributed by atoms with Gasteiger partial charge in [0.25, 0.3) is 0 Å². The van der Waals surface area contributed by atoms with Crippen LogP contribution in [0.5, 0.6) is 0 Å². The molecular formula is C13H15N3O2S. The quantitative estimate of drug-likeness (QED) is 0.859. The Balaban J connectivity index is 1.85. The van der Waals surface area contributed by atoms with Crippen molar-refractivity contribution in [2.45, 2.75) is 12.2 Å². The molecule has 0 unspecified atom stereocenters. The molecule has 0 bridgehead atoms. The van der Waals surface area contributed by atoms with Gasteiger partial charge in [-0.1, -0.05) is 30.3 Å². The van der Waals surface area contributed by atoms with E-state index in [0.717, 1.165) is 11.1 Å². The van der Waals surface area contributed by atoms with E-state index in [0.29, 0.717) is 13.0 Å². The highest BCUT2D eigenvalue weighted by Gasteiger charge is 2.10. The second kappa shape index (κ2) is 6.40. The first kappa shape index (κ1) is 13.6. The van der Waals surface area contributed by atoms with Crippen molar-refractivity contribution in [3.05, 3.63) is 60.2 Å². The second-order valence-corrected chi connectivity index (χ2v) is 5.94. The zero-order valence-corrected chi connectivity index (χ0v) is 11.2. The first-order chi connectivity index (χ1) is 9.16. The molecule has 0 saturated carbocycles. The van der Waals surface area contributed by atoms with E-state index in [1.165, 1.54) is 6.33 Å². The molecule has 1 aromatic carbocycles. The molecule has 2 rings (SSSR count). The van der Waals surface area contributed by atoms with Crippen LogP contribution in [0.3, 0.4) is 0 Å². The van der Waals surface area contributed by atoms with Crippen molar-refractivity contribution in [3.63, 3.8) is 0 Å². The minimum atomic E-state index is -3.30. The number of benzene rings is 1. The fraction of sp³-hybridized carbons (Fsp3) is 0.231. The van der Waals surface area contributed by atoms with Crippen LogP contribution in [-0.2, 0) is 22.2 Å². The molecule has 0 amide bonds. The highest BCUT2D eigenvalue weighted by molar-refractivity contribution is 7.88. The van der Waals surface area contributed by atoms with Crippen molar-refractivity contribution < 1.29 is 8.42 Å². The van der Waals surface area contributed by atoms with Crippen LogP contribution in [0.25, 0.3) is 0 Å². The molecule has 19 heavy (non-hydrogen) atoms. The van der Waals surface area contributed by atoms with Gasteiger partial charge in [0, 0.05) is 18.9 Å². The fourth-order valence-electron chi connectivity index (χ4n) is 1.65. The number of hydrogen-bond donors (Lipinski definition) is 1. The Kier molecular flexibility index (Phi) is 4.59. The van der Waals surface area contributed by atoms with Gasteiger partial charge >= 0.3 is 0 Å². The molecule has 6 heteroatoms. The van der Waals surface area contributed by atoms with Gasteiger partial charge in [-0.25, -0.2) is 23.1 Å². The molecule has 1 heterocycles. The van der Waals surface area contributed by atoms with Crippen LogP contribution >= 0.6 is 0 Å². The number of hydrogen-bond acceptors (Lipinski definition) is 4. The number of aromatic nitrogens is 2. The SMILES string of the molecule is O=S(=O)(Cc1ccccc1)NCCc1cncnc1. The normalized spacial score (nSPS) is 11.4. The largest absolute Gasteiger partial charge is 0.245 e. The van der Waals surface area contributed by atoms with Crippen LogP contribution in [0.1, 0.15) is 11.1 Å². The van der Waals surface area contributed by atoms with Gasteiger partial charge in [-0.05, 0) is 17.5 Å². The van der Waals surface area contributed by atoms with E-state index in [-0.39, 0.29) is 5.75 Å². The molecule has 0 spiro atoms. The summed E-state index contributed by atoms with van der Waals surface area (Å²) in [4.78, 5) is 7.76. The first-order valence-electron chi connectivity index (χ1n) is 5.91. The lowest BCUT2D eigenvalue weighted by molar-refractivity contribution is 0.580. The van der Waals surface area contributed by atoms with Gasteiger partial charge in [0.15, 0.2) is 0 Å². The van der Waals surface area contributed by atoms with Gasteiger partial charge in [-0.15, -0.1) is 0 Å². The Morgan fingerprint density at radius 2 is 1.68 bits per heavy atom. The Morgan fingerprint density at radius 1 is 1.00 bits per heavy atom. The lowest BCUT2D eigenvalue weighted by Crippen LogP contribution is -2.27. The summed E-state index contributed by atoms with van der Waals surface area (Å²) in [6.07, 6.45) is 5.38. The smallest absolute Gasteiger partial charge is 0.215 e. The number of sulfonamides is 1. The van der Waals surface area contributed by atoms with E-state index in [4.69, 9.17) is 0 Å². The molecular weight excluding hydrogens is 262 g/mol. The molecule has 0 saturated heterocycles. The van der Waals surface area contributed by atoms with E-state index in [1.54, 1.807) is 24.5 Å². The third-order valence-corrected chi connectivity index (χ3v) is 3.91. The average Bonchev–Trinajstić information content (AvgIpc) is 2.40. The molecule has 0 aliphatic rings. The molecule has 2 aromatic rings. The topological polar surface area (TPSA) is 72.0 Å². The second-order valence-electron chi connectivity index (χ2n) is 4.14. The number of nitrogens with one attached hydrogen (secondary N) is 1. The Labute approximate surface area is 112 Å². The van der Waals surface area contributed by atoms with Gasteiger partial charge in [-0.3, -0.25) is 0 Å². The summed E-state index contributed by atoms with van der Waals surface area (Å²) in [6.45, 7) is 0.350. The van der Waals surface area contributed by atoms with Crippen LogP contribution in [-0.4, -0.2) is 24.9 Å². The van der Waals surface area contributed by atoms with E-state index in [2.05, 4.69) is 14.7 Å². The van der Waals surface area contributed by atoms with Crippen molar-refractivity contribution in [2.24, 2.45) is 0 Å². The van der Waals surface area contributed by atoms with Crippen LogP contribution in [0.2, 0.25) is 0 Å². The minimum Gasteiger partial charge on any atom is -0.245 e. The molecule has 1 aromatic heterocycles. The summed E-state index contributed by atoms with van der Waals surface area (Å²) < 4.78 is 26.3. The molecule has 0 atom stereocenters. The Hall–Kier alpha value is -1.79. The average molecular weight is 277 g/mol. The van der Waals surface area contributed by atoms with Gasteiger partial charge in [0.2, 0.25) is 10.0 Å². The van der Waals surface area contributed by atoms with Gasteiger partial charge < -0.3 is 0 Å². The van der Waals surface area contributed by atoms with Crippen LogP contribution in [0.4, 0.5) is 0 Å². The molecule has 0 fully saturated rings. The predicted molar refractivity (Wildman–Crippen MR) is 72.8 cm³/mol. The van der Waals surface area contributed by atoms with Crippen molar-refractivity contribution >= 4 is 10.0 Å².